The molecule has 0 N–H and O–H groups in total. The molecule has 2 bridgehead atoms. The Bertz CT molecular complexity index is 1200. The third-order valence-electron chi connectivity index (χ3n) is 10.3. The molecule has 3 heterocycles. The largest absolute Gasteiger partial charge is 0.352 e. The topological polar surface area (TPSA) is 48.9 Å². The summed E-state index contributed by atoms with van der Waals surface area (Å²) in [5.74, 6) is 4.20. The van der Waals surface area contributed by atoms with E-state index in [4.69, 9.17) is 0 Å². The maximum absolute atomic E-state index is 13.5. The summed E-state index contributed by atoms with van der Waals surface area (Å²) >= 11 is 7.86. The van der Waals surface area contributed by atoms with Crippen molar-refractivity contribution in [2.45, 2.75) is 28.2 Å². The van der Waals surface area contributed by atoms with Crippen molar-refractivity contribution in [2.24, 2.45) is 46.3 Å². The van der Waals surface area contributed by atoms with E-state index < -0.39 is 0 Å². The zero-order valence-corrected chi connectivity index (χ0v) is 18.0. The first kappa shape index (κ1) is 14.8. The lowest BCUT2D eigenvalue weighted by atomic mass is 9.65. The molecule has 8 aliphatic rings. The average molecular weight is 503 g/mol. The first-order chi connectivity index (χ1) is 13.5. The van der Waals surface area contributed by atoms with Gasteiger partial charge in [-0.1, -0.05) is 50.1 Å². The molecule has 6 fully saturated rings. The van der Waals surface area contributed by atoms with E-state index in [0.717, 1.165) is 11.8 Å². The van der Waals surface area contributed by atoms with E-state index in [-0.39, 0.29) is 37.5 Å². The maximum Gasteiger partial charge on any atom is 0.352 e. The summed E-state index contributed by atoms with van der Waals surface area (Å²) in [5, 5.41) is 0. The smallest absolute Gasteiger partial charge is 0.245 e. The minimum Gasteiger partial charge on any atom is -0.245 e. The zero-order chi connectivity index (χ0) is 18.5. The van der Waals surface area contributed by atoms with Gasteiger partial charge in [0.1, 0.15) is 0 Å². The van der Waals surface area contributed by atoms with Gasteiger partial charge in [-0.2, -0.15) is 0 Å². The third-order valence-corrected chi connectivity index (χ3v) is 12.6. The van der Waals surface area contributed by atoms with Crippen molar-refractivity contribution in [2.75, 3.05) is 0 Å². The summed E-state index contributed by atoms with van der Waals surface area (Å²) in [7, 11) is 0. The Morgan fingerprint density at radius 3 is 1.89 bits per heavy atom. The molecule has 10 rings (SSSR count). The normalized spacial score (nSPS) is 55.4. The second-order valence-corrected chi connectivity index (χ2v) is 14.1. The summed E-state index contributed by atoms with van der Waals surface area (Å²) < 4.78 is 5.38. The fourth-order valence-electron chi connectivity index (χ4n) is 9.81. The SMILES string of the molecule is O=c1n(-c2ccccc2)c(=O)n2n1[C@H]1[C@@H]3C4C5[C@@]16C[C@H]1[C@@H](C[C@]56[C@H]2[C@@H]43)C1(Br)Br. The summed E-state index contributed by atoms with van der Waals surface area (Å²) in [6.07, 6.45) is 2.44. The number of nitrogens with zero attached hydrogens (tertiary/aromatic N) is 3. The highest BCUT2D eigenvalue weighted by molar-refractivity contribution is 9.25. The molecule has 7 heteroatoms. The molecule has 2 spiro atoms. The van der Waals surface area contributed by atoms with Gasteiger partial charge in [0.2, 0.25) is 0 Å². The number of alkyl halides is 2. The van der Waals surface area contributed by atoms with E-state index in [1.807, 2.05) is 39.7 Å². The average Bonchev–Trinajstić information content (AvgIpc) is 3.56. The van der Waals surface area contributed by atoms with Crippen LogP contribution in [0.1, 0.15) is 24.9 Å². The van der Waals surface area contributed by atoms with Gasteiger partial charge in [-0.3, -0.25) is 0 Å². The Morgan fingerprint density at radius 1 is 0.821 bits per heavy atom. The lowest BCUT2D eigenvalue weighted by Crippen LogP contribution is -2.53. The maximum atomic E-state index is 13.5. The molecular formula is C21H17Br2N3O2. The number of benzene rings is 1. The van der Waals surface area contributed by atoms with Gasteiger partial charge in [0.05, 0.1) is 21.0 Å². The van der Waals surface area contributed by atoms with Gasteiger partial charge < -0.3 is 0 Å². The lowest BCUT2D eigenvalue weighted by Gasteiger charge is -2.50. The van der Waals surface area contributed by atoms with Gasteiger partial charge in [-0.15, -0.1) is 0 Å². The number of hydrogen-bond donors (Lipinski definition) is 0. The van der Waals surface area contributed by atoms with E-state index >= 15 is 0 Å². The summed E-state index contributed by atoms with van der Waals surface area (Å²) in [4.78, 5) is 27.1. The Balaban J connectivity index is 1.33. The van der Waals surface area contributed by atoms with Crippen LogP contribution in [0.5, 0.6) is 0 Å². The van der Waals surface area contributed by atoms with Crippen LogP contribution >= 0.6 is 31.9 Å². The van der Waals surface area contributed by atoms with E-state index in [1.165, 1.54) is 17.4 Å². The number of para-hydroxylation sites is 1. The molecule has 2 unspecified atom stereocenters. The Morgan fingerprint density at radius 2 is 1.36 bits per heavy atom. The molecule has 10 atom stereocenters. The van der Waals surface area contributed by atoms with Crippen LogP contribution in [0.25, 0.3) is 5.69 Å². The van der Waals surface area contributed by atoms with Crippen LogP contribution in [0, 0.1) is 46.3 Å². The van der Waals surface area contributed by atoms with Gasteiger partial charge >= 0.3 is 11.4 Å². The van der Waals surface area contributed by atoms with Crippen molar-refractivity contribution in [3.8, 4) is 5.69 Å². The molecule has 1 aromatic heterocycles. The highest BCUT2D eigenvalue weighted by atomic mass is 79.9. The summed E-state index contributed by atoms with van der Waals surface area (Å²) in [5.41, 5.74) is 1.03. The van der Waals surface area contributed by atoms with E-state index in [1.54, 1.807) is 0 Å². The predicted octanol–water partition coefficient (Wildman–Crippen LogP) is 2.91. The lowest BCUT2D eigenvalue weighted by molar-refractivity contribution is -0.0268. The van der Waals surface area contributed by atoms with Gasteiger partial charge in [0, 0.05) is 10.8 Å². The van der Waals surface area contributed by atoms with Crippen molar-refractivity contribution >= 4 is 31.9 Å². The van der Waals surface area contributed by atoms with Crippen LogP contribution in [0.15, 0.2) is 39.9 Å². The monoisotopic (exact) mass is 501 g/mol. The molecule has 0 saturated heterocycles. The van der Waals surface area contributed by atoms with Gasteiger partial charge in [-0.05, 0) is 60.5 Å². The quantitative estimate of drug-likeness (QED) is 0.563. The molecule has 142 valence electrons. The summed E-state index contributed by atoms with van der Waals surface area (Å²) in [6, 6.07) is 9.95. The second-order valence-electron chi connectivity index (χ2n) is 10.4. The van der Waals surface area contributed by atoms with Crippen molar-refractivity contribution in [3.05, 3.63) is 51.3 Å². The van der Waals surface area contributed by atoms with Crippen LogP contribution in [0.4, 0.5) is 0 Å². The number of fused-ring (bicyclic) bond motifs is 1. The highest BCUT2D eigenvalue weighted by Crippen LogP contribution is 3.06. The van der Waals surface area contributed by atoms with E-state index in [0.29, 0.717) is 29.4 Å². The first-order valence-corrected chi connectivity index (χ1v) is 12.0. The first-order valence-electron chi connectivity index (χ1n) is 10.4. The number of hydrogen-bond acceptors (Lipinski definition) is 2. The molecule has 2 aromatic rings. The van der Waals surface area contributed by atoms with Gasteiger partial charge in [0.15, 0.2) is 0 Å². The summed E-state index contributed by atoms with van der Waals surface area (Å²) in [6.45, 7) is 0. The number of halogens is 2. The highest BCUT2D eigenvalue weighted by Gasteiger charge is 3.05. The van der Waals surface area contributed by atoms with Crippen LogP contribution < -0.4 is 11.4 Å². The number of rotatable bonds is 1. The standard InChI is InChI=1S/C21H17Br2N3O2/c22-21(23)9-6-19-14-11-12-13(11)16(20(14,19)7-10(9)21)26-18(28)24(8-4-2-1-3-5-8)17(27)25(26)15(12)19/h1-5,9-16H,6-7H2/t9-,10+,11?,12+,13-,14?,15-,16+,19-,20+. The third kappa shape index (κ3) is 1.06. The Labute approximate surface area is 176 Å². The van der Waals surface area contributed by atoms with Crippen LogP contribution in [0.2, 0.25) is 0 Å². The molecule has 6 aliphatic carbocycles. The molecule has 0 radical (unpaired) electrons. The predicted molar refractivity (Wildman–Crippen MR) is 108 cm³/mol. The van der Waals surface area contributed by atoms with Crippen molar-refractivity contribution in [1.82, 2.24) is 13.9 Å². The fourth-order valence-corrected chi connectivity index (χ4v) is 11.5. The van der Waals surface area contributed by atoms with Crippen molar-refractivity contribution in [1.29, 1.82) is 0 Å². The van der Waals surface area contributed by atoms with Crippen LogP contribution in [-0.4, -0.2) is 17.2 Å². The van der Waals surface area contributed by atoms with Crippen LogP contribution in [-0.2, 0) is 0 Å². The molecule has 6 saturated carbocycles. The molecule has 5 nitrogen and oxygen atoms in total. The van der Waals surface area contributed by atoms with Gasteiger partial charge in [-0.25, -0.2) is 23.5 Å². The zero-order valence-electron chi connectivity index (χ0n) is 14.8. The van der Waals surface area contributed by atoms with Gasteiger partial charge in [0.25, 0.3) is 0 Å². The minimum atomic E-state index is -0.118. The Hall–Kier alpha value is -1.08. The molecular weight excluding hydrogens is 486 g/mol. The Kier molecular flexibility index (Phi) is 1.96. The van der Waals surface area contributed by atoms with E-state index in [9.17, 15) is 9.59 Å². The van der Waals surface area contributed by atoms with Crippen molar-refractivity contribution in [3.63, 3.8) is 0 Å². The minimum absolute atomic E-state index is 0.0980. The van der Waals surface area contributed by atoms with Crippen molar-refractivity contribution < 1.29 is 0 Å². The van der Waals surface area contributed by atoms with Crippen LogP contribution in [0.3, 0.4) is 0 Å². The molecule has 0 amide bonds. The van der Waals surface area contributed by atoms with E-state index in [2.05, 4.69) is 31.9 Å². The molecule has 2 aliphatic heterocycles. The molecule has 1 aromatic carbocycles. The second kappa shape index (κ2) is 3.70. The fraction of sp³-hybridized carbons (Fsp3) is 0.619. The molecule has 28 heavy (non-hydrogen) atoms. The number of aromatic nitrogens is 3.